The fraction of sp³-hybridized carbons (Fsp3) is 0.615. The topological polar surface area (TPSA) is 68.7 Å². The summed E-state index contributed by atoms with van der Waals surface area (Å²) in [5.41, 5.74) is -6.19. The maximum atomic E-state index is 12.5. The first-order chi connectivity index (χ1) is 10.7. The van der Waals surface area contributed by atoms with Crippen molar-refractivity contribution in [3.63, 3.8) is 0 Å². The van der Waals surface area contributed by atoms with Crippen LogP contribution in [0.4, 0.5) is 13.2 Å². The molecule has 1 aromatic heterocycles. The summed E-state index contributed by atoms with van der Waals surface area (Å²) in [5.74, 6) is 0.425. The van der Waals surface area contributed by atoms with Crippen LogP contribution in [-0.2, 0) is 14.8 Å². The summed E-state index contributed by atoms with van der Waals surface area (Å²) in [6, 6.07) is 5.19. The lowest BCUT2D eigenvalue weighted by Crippen LogP contribution is -2.68. The van der Waals surface area contributed by atoms with Gasteiger partial charge in [0.05, 0.1) is 12.2 Å². The van der Waals surface area contributed by atoms with Crippen molar-refractivity contribution >= 4 is 10.0 Å². The van der Waals surface area contributed by atoms with Crippen molar-refractivity contribution in [2.45, 2.75) is 30.1 Å². The molecule has 0 radical (unpaired) electrons. The van der Waals surface area contributed by atoms with Gasteiger partial charge in [-0.05, 0) is 6.07 Å². The molecule has 6 nitrogen and oxygen atoms in total. The molecule has 2 aliphatic heterocycles. The minimum Gasteiger partial charge on any atom is -0.474 e. The Kier molecular flexibility index (Phi) is 4.01. The Labute approximate surface area is 131 Å². The number of ether oxygens (including phenoxy) is 2. The Morgan fingerprint density at radius 1 is 1.35 bits per heavy atom. The summed E-state index contributed by atoms with van der Waals surface area (Å²) in [6.45, 7) is -0.314. The van der Waals surface area contributed by atoms with Crippen molar-refractivity contribution < 1.29 is 31.1 Å². The standard InChI is InChI=1S/C13H15F3N2O4S/c14-13(15,16)23(19,20)18-8-12(9-18)7-10(4-6-21-12)22-11-3-1-2-5-17-11/h1-3,5,10H,4,6-9H2. The van der Waals surface area contributed by atoms with Crippen molar-refractivity contribution in [2.75, 3.05) is 19.7 Å². The average Bonchev–Trinajstić information content (AvgIpc) is 2.45. The van der Waals surface area contributed by atoms with Gasteiger partial charge < -0.3 is 9.47 Å². The van der Waals surface area contributed by atoms with E-state index >= 15 is 0 Å². The lowest BCUT2D eigenvalue weighted by atomic mass is 9.86. The van der Waals surface area contributed by atoms with Crippen LogP contribution in [0.2, 0.25) is 0 Å². The van der Waals surface area contributed by atoms with Crippen LogP contribution in [0, 0.1) is 0 Å². The lowest BCUT2D eigenvalue weighted by Gasteiger charge is -2.51. The van der Waals surface area contributed by atoms with Crippen LogP contribution in [-0.4, -0.2) is 54.6 Å². The Morgan fingerprint density at radius 3 is 2.70 bits per heavy atom. The van der Waals surface area contributed by atoms with E-state index in [1.54, 1.807) is 24.4 Å². The predicted molar refractivity (Wildman–Crippen MR) is 73.1 cm³/mol. The predicted octanol–water partition coefficient (Wildman–Crippen LogP) is 1.54. The third-order valence-electron chi connectivity index (χ3n) is 3.93. The number of hydrogen-bond donors (Lipinski definition) is 0. The molecular weight excluding hydrogens is 337 g/mol. The zero-order valence-electron chi connectivity index (χ0n) is 12.0. The van der Waals surface area contributed by atoms with E-state index in [4.69, 9.17) is 9.47 Å². The Bertz CT molecular complexity index is 660. The molecule has 0 bridgehead atoms. The van der Waals surface area contributed by atoms with E-state index in [0.29, 0.717) is 29.6 Å². The van der Waals surface area contributed by atoms with Crippen LogP contribution in [0.3, 0.4) is 0 Å². The number of aromatic nitrogens is 1. The highest BCUT2D eigenvalue weighted by Crippen LogP contribution is 2.40. The Morgan fingerprint density at radius 2 is 2.09 bits per heavy atom. The fourth-order valence-corrected chi connectivity index (χ4v) is 3.91. The number of sulfonamides is 1. The minimum atomic E-state index is -5.29. The number of nitrogens with zero attached hydrogens (tertiary/aromatic N) is 2. The van der Waals surface area contributed by atoms with Crippen LogP contribution in [0.5, 0.6) is 5.88 Å². The van der Waals surface area contributed by atoms with E-state index < -0.39 is 21.1 Å². The van der Waals surface area contributed by atoms with Crippen molar-refractivity contribution in [1.29, 1.82) is 0 Å². The molecule has 1 aromatic rings. The Balaban J connectivity index is 1.62. The van der Waals surface area contributed by atoms with E-state index in [0.717, 1.165) is 0 Å². The van der Waals surface area contributed by atoms with E-state index in [1.807, 2.05) is 0 Å². The molecular formula is C13H15F3N2O4S. The van der Waals surface area contributed by atoms with Gasteiger partial charge in [0.2, 0.25) is 5.88 Å². The Hall–Kier alpha value is -1.39. The van der Waals surface area contributed by atoms with Gasteiger partial charge in [0.1, 0.15) is 6.10 Å². The molecule has 1 atom stereocenters. The van der Waals surface area contributed by atoms with Gasteiger partial charge in [-0.15, -0.1) is 0 Å². The summed E-state index contributed by atoms with van der Waals surface area (Å²) in [4.78, 5) is 4.03. The molecule has 128 valence electrons. The van der Waals surface area contributed by atoms with Crippen molar-refractivity contribution in [3.8, 4) is 5.88 Å². The second-order valence-corrected chi connectivity index (χ2v) is 7.58. The SMILES string of the molecule is O=S(=O)(N1CC2(CC(Oc3ccccn3)CCO2)C1)C(F)(F)F. The van der Waals surface area contributed by atoms with E-state index in [9.17, 15) is 21.6 Å². The van der Waals surface area contributed by atoms with E-state index in [2.05, 4.69) is 4.98 Å². The molecule has 10 heteroatoms. The quantitative estimate of drug-likeness (QED) is 0.826. The molecule has 23 heavy (non-hydrogen) atoms. The molecule has 1 spiro atoms. The minimum absolute atomic E-state index is 0.269. The zero-order valence-corrected chi connectivity index (χ0v) is 12.8. The van der Waals surface area contributed by atoms with Crippen LogP contribution < -0.4 is 4.74 Å². The summed E-state index contributed by atoms with van der Waals surface area (Å²) in [6.07, 6.45) is 2.21. The van der Waals surface area contributed by atoms with Crippen LogP contribution in [0.1, 0.15) is 12.8 Å². The summed E-state index contributed by atoms with van der Waals surface area (Å²) in [7, 11) is -5.29. The molecule has 0 aromatic carbocycles. The highest BCUT2D eigenvalue weighted by Gasteiger charge is 2.59. The van der Waals surface area contributed by atoms with Crippen LogP contribution in [0.15, 0.2) is 24.4 Å². The van der Waals surface area contributed by atoms with Crippen molar-refractivity contribution in [1.82, 2.24) is 9.29 Å². The number of hydrogen-bond acceptors (Lipinski definition) is 5. The zero-order chi connectivity index (χ0) is 16.7. The van der Waals surface area contributed by atoms with Crippen molar-refractivity contribution in [3.05, 3.63) is 24.4 Å². The summed E-state index contributed by atoms with van der Waals surface area (Å²) < 4.78 is 71.9. The monoisotopic (exact) mass is 352 g/mol. The van der Waals surface area contributed by atoms with Crippen molar-refractivity contribution in [2.24, 2.45) is 0 Å². The highest BCUT2D eigenvalue weighted by atomic mass is 32.2. The molecule has 0 aliphatic carbocycles. The molecule has 3 heterocycles. The molecule has 2 aliphatic rings. The van der Waals surface area contributed by atoms with Gasteiger partial charge in [-0.1, -0.05) is 6.07 Å². The van der Waals surface area contributed by atoms with Crippen LogP contribution >= 0.6 is 0 Å². The summed E-state index contributed by atoms with van der Waals surface area (Å²) in [5, 5.41) is 0. The van der Waals surface area contributed by atoms with E-state index in [1.165, 1.54) is 0 Å². The second kappa shape index (κ2) is 5.60. The second-order valence-electron chi connectivity index (χ2n) is 5.65. The van der Waals surface area contributed by atoms with Gasteiger partial charge in [-0.3, -0.25) is 0 Å². The number of rotatable bonds is 3. The van der Waals surface area contributed by atoms with Gasteiger partial charge in [0.15, 0.2) is 0 Å². The molecule has 2 saturated heterocycles. The molecule has 0 N–H and O–H groups in total. The molecule has 1 unspecified atom stereocenters. The third-order valence-corrected chi connectivity index (χ3v) is 5.46. The fourth-order valence-electron chi connectivity index (χ4n) is 2.80. The van der Waals surface area contributed by atoms with Gasteiger partial charge in [0, 0.05) is 38.2 Å². The highest BCUT2D eigenvalue weighted by molar-refractivity contribution is 7.90. The first kappa shape index (κ1) is 16.5. The lowest BCUT2D eigenvalue weighted by molar-refractivity contribution is -0.168. The molecule has 3 rings (SSSR count). The van der Waals surface area contributed by atoms with Gasteiger partial charge in [0.25, 0.3) is 0 Å². The van der Waals surface area contributed by atoms with Crippen LogP contribution in [0.25, 0.3) is 0 Å². The molecule has 2 fully saturated rings. The smallest absolute Gasteiger partial charge is 0.474 e. The number of halogens is 3. The number of pyridine rings is 1. The van der Waals surface area contributed by atoms with E-state index in [-0.39, 0.29) is 19.2 Å². The van der Waals surface area contributed by atoms with Gasteiger partial charge in [-0.25, -0.2) is 13.4 Å². The third kappa shape index (κ3) is 3.15. The molecule has 0 saturated carbocycles. The molecule has 0 amide bonds. The maximum absolute atomic E-state index is 12.5. The van der Waals surface area contributed by atoms with Gasteiger partial charge in [-0.2, -0.15) is 17.5 Å². The average molecular weight is 352 g/mol. The normalized spacial score (nSPS) is 25.1. The maximum Gasteiger partial charge on any atom is 0.511 e. The number of alkyl halides is 3. The largest absolute Gasteiger partial charge is 0.511 e. The summed E-state index contributed by atoms with van der Waals surface area (Å²) >= 11 is 0. The van der Waals surface area contributed by atoms with Gasteiger partial charge >= 0.3 is 15.5 Å². The first-order valence-electron chi connectivity index (χ1n) is 7.00. The first-order valence-corrected chi connectivity index (χ1v) is 8.44.